The first-order chi connectivity index (χ1) is 24.3. The molecule has 2 heterocycles. The van der Waals surface area contributed by atoms with Crippen molar-refractivity contribution in [3.63, 3.8) is 0 Å². The molecule has 0 saturated carbocycles. The minimum Gasteiger partial charge on any atom is -0.309 e. The van der Waals surface area contributed by atoms with E-state index in [2.05, 4.69) is 126 Å². The topological polar surface area (TPSA) is 43.6 Å². The molecular formula is C45H30N4. The molecule has 9 aromatic rings. The van der Waals surface area contributed by atoms with E-state index in [1.54, 1.807) is 0 Å². The van der Waals surface area contributed by atoms with Gasteiger partial charge in [-0.1, -0.05) is 164 Å². The molecule has 0 spiro atoms. The molecule has 0 atom stereocenters. The molecule has 4 nitrogen and oxygen atoms in total. The lowest BCUT2D eigenvalue weighted by Gasteiger charge is -2.16. The highest BCUT2D eigenvalue weighted by Crippen LogP contribution is 2.39. The smallest absolute Gasteiger partial charge is 0.164 e. The Morgan fingerprint density at radius 1 is 0.306 bits per heavy atom. The Labute approximate surface area is 284 Å². The fourth-order valence-electron chi connectivity index (χ4n) is 6.70. The van der Waals surface area contributed by atoms with Crippen molar-refractivity contribution in [1.82, 2.24) is 19.5 Å². The van der Waals surface area contributed by atoms with Crippen molar-refractivity contribution in [2.75, 3.05) is 0 Å². The van der Waals surface area contributed by atoms with Crippen LogP contribution >= 0.6 is 0 Å². The van der Waals surface area contributed by atoms with Gasteiger partial charge in [-0.2, -0.15) is 0 Å². The molecule has 230 valence electrons. The lowest BCUT2D eigenvalue weighted by atomic mass is 10.00. The van der Waals surface area contributed by atoms with Crippen LogP contribution in [0.15, 0.2) is 182 Å². The van der Waals surface area contributed by atoms with Crippen molar-refractivity contribution in [2.24, 2.45) is 0 Å². The molecule has 4 heteroatoms. The van der Waals surface area contributed by atoms with E-state index in [0.717, 1.165) is 44.5 Å². The maximum Gasteiger partial charge on any atom is 0.164 e. The summed E-state index contributed by atoms with van der Waals surface area (Å²) in [6.07, 6.45) is 0. The fourth-order valence-corrected chi connectivity index (χ4v) is 6.70. The van der Waals surface area contributed by atoms with E-state index in [0.29, 0.717) is 17.5 Å². The summed E-state index contributed by atoms with van der Waals surface area (Å²) in [5, 5.41) is 2.41. The molecule has 0 aliphatic rings. The Balaban J connectivity index is 1.33. The van der Waals surface area contributed by atoms with Crippen LogP contribution in [0.3, 0.4) is 0 Å². The molecule has 0 unspecified atom stereocenters. The highest BCUT2D eigenvalue weighted by atomic mass is 15.0. The molecule has 0 aliphatic heterocycles. The molecule has 9 rings (SSSR count). The van der Waals surface area contributed by atoms with Crippen LogP contribution < -0.4 is 0 Å². The van der Waals surface area contributed by atoms with Crippen LogP contribution in [0.4, 0.5) is 0 Å². The minimum atomic E-state index is 0.624. The number of hydrogen-bond acceptors (Lipinski definition) is 3. The molecule has 0 bridgehead atoms. The van der Waals surface area contributed by atoms with Crippen LogP contribution in [0.1, 0.15) is 0 Å². The van der Waals surface area contributed by atoms with E-state index in [1.807, 2.05) is 60.7 Å². The van der Waals surface area contributed by atoms with Crippen LogP contribution in [0.5, 0.6) is 0 Å². The van der Waals surface area contributed by atoms with Crippen molar-refractivity contribution in [1.29, 1.82) is 0 Å². The van der Waals surface area contributed by atoms with E-state index in [1.165, 1.54) is 21.9 Å². The predicted octanol–water partition coefficient (Wildman–Crippen LogP) is 11.3. The van der Waals surface area contributed by atoms with E-state index in [4.69, 9.17) is 15.0 Å². The summed E-state index contributed by atoms with van der Waals surface area (Å²) in [4.78, 5) is 15.1. The number of fused-ring (bicyclic) bond motifs is 3. The Morgan fingerprint density at radius 2 is 0.776 bits per heavy atom. The van der Waals surface area contributed by atoms with Gasteiger partial charge in [0.15, 0.2) is 17.5 Å². The van der Waals surface area contributed by atoms with Crippen molar-refractivity contribution < 1.29 is 0 Å². The number of rotatable bonds is 6. The fraction of sp³-hybridized carbons (Fsp3) is 0. The molecule has 2 aromatic heterocycles. The van der Waals surface area contributed by atoms with Crippen molar-refractivity contribution in [3.8, 4) is 62.1 Å². The van der Waals surface area contributed by atoms with Gasteiger partial charge in [-0.3, -0.25) is 0 Å². The van der Waals surface area contributed by atoms with Gasteiger partial charge in [0.2, 0.25) is 0 Å². The lowest BCUT2D eigenvalue weighted by Crippen LogP contribution is -2.02. The summed E-state index contributed by atoms with van der Waals surface area (Å²) in [7, 11) is 0. The molecule has 0 aliphatic carbocycles. The first kappa shape index (κ1) is 28.6. The van der Waals surface area contributed by atoms with Crippen LogP contribution in [0, 0.1) is 0 Å². The molecule has 0 fully saturated rings. The van der Waals surface area contributed by atoms with Gasteiger partial charge >= 0.3 is 0 Å². The first-order valence-corrected chi connectivity index (χ1v) is 16.5. The van der Waals surface area contributed by atoms with Gasteiger partial charge in [-0.15, -0.1) is 0 Å². The SMILES string of the molecule is c1ccc(-c2ccc3c4ccccc4n(-c4cc(-c5nc(-c6ccccc6)nc(-c6ccccc6)n5)ccc4-c4ccccc4)c3c2)cc1. The Bertz CT molecular complexity index is 2520. The van der Waals surface area contributed by atoms with Gasteiger partial charge in [0.25, 0.3) is 0 Å². The third kappa shape index (κ3) is 5.26. The van der Waals surface area contributed by atoms with Gasteiger partial charge in [-0.05, 0) is 34.9 Å². The van der Waals surface area contributed by atoms with Crippen molar-refractivity contribution >= 4 is 21.8 Å². The molecule has 0 amide bonds. The van der Waals surface area contributed by atoms with Crippen molar-refractivity contribution in [3.05, 3.63) is 182 Å². The van der Waals surface area contributed by atoms with Crippen LogP contribution in [-0.4, -0.2) is 19.5 Å². The molecule has 0 radical (unpaired) electrons. The standard InChI is InChI=1S/C45H30N4/c1-5-15-31(16-6-1)35-25-28-39-38-23-13-14-24-40(38)49(42(39)29-35)41-30-36(26-27-37(41)32-17-7-2-8-18-32)45-47-43(33-19-9-3-10-20-33)46-44(48-45)34-21-11-4-12-22-34/h1-30H. The molecule has 0 N–H and O–H groups in total. The molecule has 49 heavy (non-hydrogen) atoms. The third-order valence-electron chi connectivity index (χ3n) is 9.06. The Hall–Kier alpha value is -6.65. The third-order valence-corrected chi connectivity index (χ3v) is 9.06. The maximum atomic E-state index is 5.07. The maximum absolute atomic E-state index is 5.07. The first-order valence-electron chi connectivity index (χ1n) is 16.5. The van der Waals surface area contributed by atoms with Gasteiger partial charge in [0, 0.05) is 33.0 Å². The van der Waals surface area contributed by atoms with Crippen molar-refractivity contribution in [2.45, 2.75) is 0 Å². The lowest BCUT2D eigenvalue weighted by molar-refractivity contribution is 1.07. The number of para-hydroxylation sites is 1. The zero-order valence-electron chi connectivity index (χ0n) is 26.6. The summed E-state index contributed by atoms with van der Waals surface area (Å²) in [6.45, 7) is 0. The molecule has 0 saturated heterocycles. The van der Waals surface area contributed by atoms with E-state index in [9.17, 15) is 0 Å². The number of aromatic nitrogens is 4. The Morgan fingerprint density at radius 3 is 1.39 bits per heavy atom. The van der Waals surface area contributed by atoms with E-state index in [-0.39, 0.29) is 0 Å². The summed E-state index contributed by atoms with van der Waals surface area (Å²) < 4.78 is 2.40. The number of benzene rings is 7. The number of hydrogen-bond donors (Lipinski definition) is 0. The summed E-state index contributed by atoms with van der Waals surface area (Å²) in [6, 6.07) is 63.4. The molecule has 7 aromatic carbocycles. The minimum absolute atomic E-state index is 0.624. The second-order valence-electron chi connectivity index (χ2n) is 12.1. The largest absolute Gasteiger partial charge is 0.309 e. The summed E-state index contributed by atoms with van der Waals surface area (Å²) >= 11 is 0. The zero-order chi connectivity index (χ0) is 32.6. The number of nitrogens with zero attached hydrogens (tertiary/aromatic N) is 4. The highest BCUT2D eigenvalue weighted by molar-refractivity contribution is 6.10. The second kappa shape index (κ2) is 12.2. The zero-order valence-corrected chi connectivity index (χ0v) is 26.6. The van der Waals surface area contributed by atoms with E-state index < -0.39 is 0 Å². The van der Waals surface area contributed by atoms with Gasteiger partial charge < -0.3 is 4.57 Å². The van der Waals surface area contributed by atoms with Crippen LogP contribution in [0.25, 0.3) is 83.9 Å². The predicted molar refractivity (Wildman–Crippen MR) is 201 cm³/mol. The summed E-state index contributed by atoms with van der Waals surface area (Å²) in [5.41, 5.74) is 10.8. The Kier molecular flexibility index (Phi) is 7.10. The highest BCUT2D eigenvalue weighted by Gasteiger charge is 2.19. The van der Waals surface area contributed by atoms with Crippen LogP contribution in [0.2, 0.25) is 0 Å². The van der Waals surface area contributed by atoms with Gasteiger partial charge in [0.1, 0.15) is 0 Å². The van der Waals surface area contributed by atoms with E-state index >= 15 is 0 Å². The molecular weight excluding hydrogens is 597 g/mol. The monoisotopic (exact) mass is 626 g/mol. The van der Waals surface area contributed by atoms with Gasteiger partial charge in [0.05, 0.1) is 16.7 Å². The van der Waals surface area contributed by atoms with Crippen LogP contribution in [-0.2, 0) is 0 Å². The quantitative estimate of drug-likeness (QED) is 0.184. The average molecular weight is 627 g/mol. The average Bonchev–Trinajstić information content (AvgIpc) is 3.52. The summed E-state index contributed by atoms with van der Waals surface area (Å²) in [5.74, 6) is 1.91. The second-order valence-corrected chi connectivity index (χ2v) is 12.1. The normalized spacial score (nSPS) is 11.3. The van der Waals surface area contributed by atoms with Gasteiger partial charge in [-0.25, -0.2) is 15.0 Å².